The molecule has 3 heterocycles. The summed E-state index contributed by atoms with van der Waals surface area (Å²) < 4.78 is 28.2. The van der Waals surface area contributed by atoms with Crippen LogP contribution in [0.5, 0.6) is 0 Å². The number of nitrogens with one attached hydrogen (secondary N) is 1. The smallest absolute Gasteiger partial charge is 0.262 e. The summed E-state index contributed by atoms with van der Waals surface area (Å²) in [5.41, 5.74) is 2.22. The second kappa shape index (κ2) is 9.40. The van der Waals surface area contributed by atoms with Gasteiger partial charge in [0.15, 0.2) is 0 Å². The fraction of sp³-hybridized carbons (Fsp3) is 0.522. The average Bonchev–Trinajstić information content (AvgIpc) is 3.28. The predicted octanol–water partition coefficient (Wildman–Crippen LogP) is 3.35. The van der Waals surface area contributed by atoms with E-state index in [4.69, 9.17) is 0 Å². The highest BCUT2D eigenvalue weighted by Crippen LogP contribution is 2.29. The number of fused-ring (bicyclic) bond motifs is 1. The first-order valence-corrected chi connectivity index (χ1v) is 13.3. The van der Waals surface area contributed by atoms with Crippen LogP contribution in [0, 0.1) is 5.92 Å². The number of carbonyl (C=O) groups is 1. The highest BCUT2D eigenvalue weighted by atomic mass is 32.2. The number of benzene rings is 1. The predicted molar refractivity (Wildman–Crippen MR) is 124 cm³/mol. The van der Waals surface area contributed by atoms with E-state index in [-0.39, 0.29) is 21.7 Å². The van der Waals surface area contributed by atoms with E-state index in [1.165, 1.54) is 34.0 Å². The molecule has 2 aliphatic rings. The minimum absolute atomic E-state index is 0.119. The Morgan fingerprint density at radius 1 is 1.16 bits per heavy atom. The Labute approximate surface area is 189 Å². The lowest BCUT2D eigenvalue weighted by molar-refractivity contribution is 0.0922. The number of amides is 1. The first kappa shape index (κ1) is 22.5. The largest absolute Gasteiger partial charge is 0.350 e. The van der Waals surface area contributed by atoms with Crippen molar-refractivity contribution in [2.75, 3.05) is 26.2 Å². The van der Waals surface area contributed by atoms with Crippen LogP contribution in [-0.4, -0.2) is 55.8 Å². The van der Waals surface area contributed by atoms with Gasteiger partial charge in [-0.2, -0.15) is 4.31 Å². The van der Waals surface area contributed by atoms with Gasteiger partial charge in [0.2, 0.25) is 10.0 Å². The van der Waals surface area contributed by atoms with E-state index in [0.29, 0.717) is 26.1 Å². The molecule has 6 nitrogen and oxygen atoms in total. The van der Waals surface area contributed by atoms with Crippen LogP contribution in [0.2, 0.25) is 0 Å². The van der Waals surface area contributed by atoms with E-state index in [1.54, 1.807) is 11.4 Å². The number of nitrogens with zero attached hydrogens (tertiary/aromatic N) is 2. The number of carbonyl (C=O) groups excluding carboxylic acids is 1. The summed E-state index contributed by atoms with van der Waals surface area (Å²) in [5.74, 6) is 0.460. The quantitative estimate of drug-likeness (QED) is 0.716. The van der Waals surface area contributed by atoms with Gasteiger partial charge in [-0.1, -0.05) is 31.2 Å². The van der Waals surface area contributed by atoms with Crippen LogP contribution < -0.4 is 5.32 Å². The van der Waals surface area contributed by atoms with Gasteiger partial charge in [-0.05, 0) is 67.8 Å². The van der Waals surface area contributed by atoms with Gasteiger partial charge < -0.3 is 5.32 Å². The Morgan fingerprint density at radius 2 is 1.87 bits per heavy atom. The van der Waals surface area contributed by atoms with Crippen LogP contribution in [0.25, 0.3) is 0 Å². The highest BCUT2D eigenvalue weighted by Gasteiger charge is 2.32. The SMILES string of the molecule is CC1CCN(C(C)CNC(=O)c2sccc2S(=O)(=O)N2CCc3ccccc3C2)CC1. The van der Waals surface area contributed by atoms with E-state index in [9.17, 15) is 13.2 Å². The van der Waals surface area contributed by atoms with Crippen LogP contribution >= 0.6 is 11.3 Å². The van der Waals surface area contributed by atoms with Crippen LogP contribution in [0.15, 0.2) is 40.6 Å². The molecule has 0 radical (unpaired) electrons. The Kier molecular flexibility index (Phi) is 6.81. The van der Waals surface area contributed by atoms with Crippen molar-refractivity contribution >= 4 is 27.3 Å². The molecular formula is C23H31N3O3S2. The molecule has 2 aliphatic heterocycles. The molecule has 1 fully saturated rings. The molecule has 1 N–H and O–H groups in total. The number of likely N-dealkylation sites (tertiary alicyclic amines) is 1. The van der Waals surface area contributed by atoms with Gasteiger partial charge in [0.25, 0.3) is 5.91 Å². The Balaban J connectivity index is 1.42. The molecule has 1 amide bonds. The summed E-state index contributed by atoms with van der Waals surface area (Å²) >= 11 is 1.19. The van der Waals surface area contributed by atoms with Gasteiger partial charge in [-0.3, -0.25) is 9.69 Å². The molecule has 1 aromatic carbocycles. The van der Waals surface area contributed by atoms with E-state index < -0.39 is 10.0 Å². The lowest BCUT2D eigenvalue weighted by Gasteiger charge is -2.35. The van der Waals surface area contributed by atoms with Gasteiger partial charge in [0.05, 0.1) is 0 Å². The number of thiophene rings is 1. The second-order valence-electron chi connectivity index (χ2n) is 8.75. The summed E-state index contributed by atoms with van der Waals surface area (Å²) in [6.45, 7) is 7.79. The molecule has 1 saturated heterocycles. The molecule has 0 saturated carbocycles. The molecule has 1 aromatic heterocycles. The van der Waals surface area contributed by atoms with Crippen molar-refractivity contribution in [2.45, 2.75) is 50.6 Å². The van der Waals surface area contributed by atoms with Crippen molar-refractivity contribution in [3.8, 4) is 0 Å². The summed E-state index contributed by atoms with van der Waals surface area (Å²) in [4.78, 5) is 15.7. The van der Waals surface area contributed by atoms with Crippen LogP contribution in [0.1, 0.15) is 47.5 Å². The molecular weight excluding hydrogens is 430 g/mol. The Bertz CT molecular complexity index is 1030. The zero-order valence-corrected chi connectivity index (χ0v) is 19.8. The molecule has 0 spiro atoms. The van der Waals surface area contributed by atoms with Crippen molar-refractivity contribution in [1.29, 1.82) is 0 Å². The topological polar surface area (TPSA) is 69.7 Å². The maximum atomic E-state index is 13.3. The Hall–Kier alpha value is -1.74. The van der Waals surface area contributed by atoms with Crippen molar-refractivity contribution in [2.24, 2.45) is 5.92 Å². The van der Waals surface area contributed by atoms with Crippen LogP contribution in [0.4, 0.5) is 0 Å². The molecule has 168 valence electrons. The van der Waals surface area contributed by atoms with Gasteiger partial charge in [-0.15, -0.1) is 11.3 Å². The highest BCUT2D eigenvalue weighted by molar-refractivity contribution is 7.89. The number of piperidine rings is 1. The van der Waals surface area contributed by atoms with Crippen molar-refractivity contribution in [3.63, 3.8) is 0 Å². The summed E-state index contributed by atoms with van der Waals surface area (Å²) in [5, 5.41) is 4.66. The molecule has 31 heavy (non-hydrogen) atoms. The monoisotopic (exact) mass is 461 g/mol. The van der Waals surface area contributed by atoms with Gasteiger partial charge in [-0.25, -0.2) is 8.42 Å². The maximum absolute atomic E-state index is 13.3. The zero-order chi connectivity index (χ0) is 22.0. The van der Waals surface area contributed by atoms with Gasteiger partial charge in [0, 0.05) is 25.7 Å². The van der Waals surface area contributed by atoms with E-state index >= 15 is 0 Å². The maximum Gasteiger partial charge on any atom is 0.262 e. The summed E-state index contributed by atoms with van der Waals surface area (Å²) in [6, 6.07) is 9.73. The molecule has 4 rings (SSSR count). The normalized spacial score (nSPS) is 19.7. The molecule has 2 aromatic rings. The fourth-order valence-electron chi connectivity index (χ4n) is 4.40. The van der Waals surface area contributed by atoms with Gasteiger partial charge in [0.1, 0.15) is 9.77 Å². The summed E-state index contributed by atoms with van der Waals surface area (Å²) in [7, 11) is -3.73. The first-order valence-electron chi connectivity index (χ1n) is 11.0. The average molecular weight is 462 g/mol. The van der Waals surface area contributed by atoms with Crippen molar-refractivity contribution in [3.05, 3.63) is 51.7 Å². The van der Waals surface area contributed by atoms with Crippen LogP contribution in [0.3, 0.4) is 0 Å². The standard InChI is InChI=1S/C23H31N3O3S2/c1-17-7-11-25(12-8-17)18(2)15-24-23(27)22-21(10-14-30-22)31(28,29)26-13-9-19-5-3-4-6-20(19)16-26/h3-6,10,14,17-18H,7-9,11-13,15-16H2,1-2H3,(H,24,27). The third-order valence-electron chi connectivity index (χ3n) is 6.55. The molecule has 1 atom stereocenters. The number of hydrogen-bond acceptors (Lipinski definition) is 5. The van der Waals surface area contributed by atoms with Gasteiger partial charge >= 0.3 is 0 Å². The van der Waals surface area contributed by atoms with E-state index in [0.717, 1.165) is 24.6 Å². The zero-order valence-electron chi connectivity index (χ0n) is 18.2. The first-order chi connectivity index (χ1) is 14.9. The lowest BCUT2D eigenvalue weighted by Crippen LogP contribution is -2.45. The third kappa shape index (κ3) is 4.87. The molecule has 0 aliphatic carbocycles. The minimum Gasteiger partial charge on any atom is -0.350 e. The molecule has 1 unspecified atom stereocenters. The number of hydrogen-bond donors (Lipinski definition) is 1. The second-order valence-corrected chi connectivity index (χ2v) is 11.6. The van der Waals surface area contributed by atoms with Crippen molar-refractivity contribution in [1.82, 2.24) is 14.5 Å². The van der Waals surface area contributed by atoms with Crippen LogP contribution in [-0.2, 0) is 23.0 Å². The number of rotatable bonds is 6. The minimum atomic E-state index is -3.73. The molecule has 8 heteroatoms. The molecule has 0 bridgehead atoms. The Morgan fingerprint density at radius 3 is 2.61 bits per heavy atom. The van der Waals surface area contributed by atoms with E-state index in [1.807, 2.05) is 24.3 Å². The summed E-state index contributed by atoms with van der Waals surface area (Å²) in [6.07, 6.45) is 3.06. The number of sulfonamides is 1. The van der Waals surface area contributed by atoms with E-state index in [2.05, 4.69) is 24.1 Å². The fourth-order valence-corrected chi connectivity index (χ4v) is 7.14. The van der Waals surface area contributed by atoms with Crippen molar-refractivity contribution < 1.29 is 13.2 Å². The lowest BCUT2D eigenvalue weighted by atomic mass is 9.98. The third-order valence-corrected chi connectivity index (χ3v) is 9.48.